The first-order valence-corrected chi connectivity index (χ1v) is 10.9. The summed E-state index contributed by atoms with van der Waals surface area (Å²) in [6, 6.07) is 6.91. The van der Waals surface area contributed by atoms with Crippen LogP contribution in [0.15, 0.2) is 43.0 Å². The van der Waals surface area contributed by atoms with E-state index in [1.54, 1.807) is 18.3 Å². The number of carbonyl (C=O) groups excluding carboxylic acids is 1. The van der Waals surface area contributed by atoms with Crippen molar-refractivity contribution in [2.45, 2.75) is 31.8 Å². The van der Waals surface area contributed by atoms with E-state index in [0.717, 1.165) is 30.4 Å². The Morgan fingerprint density at radius 1 is 1.22 bits per heavy atom. The fourth-order valence-corrected chi connectivity index (χ4v) is 4.16. The summed E-state index contributed by atoms with van der Waals surface area (Å²) in [7, 11) is 1.73. The molecule has 2 fully saturated rings. The number of hydrogen-bond acceptors (Lipinski definition) is 5. The minimum atomic E-state index is -0.607. The molecule has 3 heterocycles. The lowest BCUT2D eigenvalue weighted by Crippen LogP contribution is -2.37. The molecule has 0 unspecified atom stereocenters. The van der Waals surface area contributed by atoms with Crippen LogP contribution in [0.4, 0.5) is 21.0 Å². The van der Waals surface area contributed by atoms with Crippen molar-refractivity contribution in [3.8, 4) is 5.69 Å². The summed E-state index contributed by atoms with van der Waals surface area (Å²) in [5.41, 5.74) is 1.70. The Kier molecular flexibility index (Phi) is 5.21. The van der Waals surface area contributed by atoms with Gasteiger partial charge in [-0.1, -0.05) is 11.6 Å². The van der Waals surface area contributed by atoms with Crippen molar-refractivity contribution in [1.82, 2.24) is 24.4 Å². The van der Waals surface area contributed by atoms with Crippen LogP contribution < -0.4 is 10.2 Å². The van der Waals surface area contributed by atoms with Crippen LogP contribution in [0, 0.1) is 11.7 Å². The largest absolute Gasteiger partial charge is 0.346 e. The molecule has 0 spiro atoms. The van der Waals surface area contributed by atoms with Crippen LogP contribution in [-0.2, 0) is 0 Å². The lowest BCUT2D eigenvalue weighted by atomic mass is 10.2. The first-order chi connectivity index (χ1) is 15.4. The third kappa shape index (κ3) is 3.88. The summed E-state index contributed by atoms with van der Waals surface area (Å²) < 4.78 is 16.6. The average Bonchev–Trinajstić information content (AvgIpc) is 3.43. The van der Waals surface area contributed by atoms with E-state index < -0.39 is 5.82 Å². The van der Waals surface area contributed by atoms with E-state index in [9.17, 15) is 9.18 Å². The Hall–Kier alpha value is -3.20. The molecule has 1 aliphatic carbocycles. The number of nitrogens with zero attached hydrogens (tertiary/aromatic N) is 6. The summed E-state index contributed by atoms with van der Waals surface area (Å²) in [5.74, 6) is 0.0504. The van der Waals surface area contributed by atoms with Crippen molar-refractivity contribution in [1.29, 1.82) is 0 Å². The number of hydrogen-bond donors (Lipinski definition) is 1. The topological polar surface area (TPSA) is 79.2 Å². The number of likely N-dealkylation sites (N-methyl/N-ethyl adjacent to an activating group) is 1. The second kappa shape index (κ2) is 8.05. The molecule has 1 aliphatic heterocycles. The van der Waals surface area contributed by atoms with Crippen molar-refractivity contribution >= 4 is 29.4 Å². The molecule has 5 rings (SSSR count). The maximum Gasteiger partial charge on any atom is 0.325 e. The van der Waals surface area contributed by atoms with Crippen molar-refractivity contribution in [2.75, 3.05) is 23.8 Å². The molecule has 1 N–H and O–H groups in total. The number of benzene rings is 1. The molecule has 32 heavy (non-hydrogen) atoms. The van der Waals surface area contributed by atoms with Crippen LogP contribution in [-0.4, -0.2) is 50.1 Å². The fourth-order valence-electron chi connectivity index (χ4n) is 4.03. The third-order valence-corrected chi connectivity index (χ3v) is 6.21. The number of imidazole rings is 1. The van der Waals surface area contributed by atoms with Gasteiger partial charge >= 0.3 is 6.03 Å². The molecule has 2 amide bonds. The van der Waals surface area contributed by atoms with Gasteiger partial charge in [0.05, 0.1) is 30.3 Å². The van der Waals surface area contributed by atoms with Gasteiger partial charge in [-0.3, -0.25) is 4.90 Å². The van der Waals surface area contributed by atoms with Crippen LogP contribution in [0.5, 0.6) is 0 Å². The number of rotatable bonds is 6. The first-order valence-electron chi connectivity index (χ1n) is 10.5. The molecule has 0 radical (unpaired) electrons. The maximum absolute atomic E-state index is 14.7. The molecule has 1 aromatic carbocycles. The molecule has 1 saturated carbocycles. The van der Waals surface area contributed by atoms with Crippen LogP contribution >= 0.6 is 11.6 Å². The van der Waals surface area contributed by atoms with Crippen LogP contribution in [0.3, 0.4) is 0 Å². The highest BCUT2D eigenvalue weighted by Gasteiger charge is 2.46. The summed E-state index contributed by atoms with van der Waals surface area (Å²) >= 11 is 5.96. The summed E-state index contributed by atoms with van der Waals surface area (Å²) in [6.07, 6.45) is 6.82. The summed E-state index contributed by atoms with van der Waals surface area (Å²) in [5, 5.41) is 3.84. The van der Waals surface area contributed by atoms with Gasteiger partial charge in [0, 0.05) is 30.5 Å². The highest BCUT2D eigenvalue weighted by atomic mass is 35.5. The van der Waals surface area contributed by atoms with Crippen molar-refractivity contribution in [2.24, 2.45) is 5.92 Å². The highest BCUT2D eigenvalue weighted by molar-refractivity contribution is 6.30. The van der Waals surface area contributed by atoms with E-state index in [1.807, 2.05) is 42.0 Å². The smallest absolute Gasteiger partial charge is 0.325 e. The zero-order valence-corrected chi connectivity index (χ0v) is 18.5. The minimum absolute atomic E-state index is 0.0210. The molecule has 3 aromatic rings. The van der Waals surface area contributed by atoms with Gasteiger partial charge in [-0.2, -0.15) is 4.98 Å². The number of aromatic nitrogens is 4. The highest BCUT2D eigenvalue weighted by Crippen LogP contribution is 2.40. The van der Waals surface area contributed by atoms with Gasteiger partial charge in [-0.15, -0.1) is 0 Å². The molecule has 166 valence electrons. The monoisotopic (exact) mass is 455 g/mol. The van der Waals surface area contributed by atoms with Gasteiger partial charge < -0.3 is 14.8 Å². The van der Waals surface area contributed by atoms with Crippen molar-refractivity contribution in [3.05, 3.63) is 59.5 Å². The molecular weight excluding hydrogens is 433 g/mol. The van der Waals surface area contributed by atoms with Gasteiger partial charge in [-0.05, 0) is 49.9 Å². The molecule has 8 nitrogen and oxygen atoms in total. The molecular formula is C22H23ClFN7O. The van der Waals surface area contributed by atoms with Gasteiger partial charge in [0.15, 0.2) is 11.6 Å². The maximum atomic E-state index is 14.7. The predicted molar refractivity (Wildman–Crippen MR) is 120 cm³/mol. The van der Waals surface area contributed by atoms with E-state index in [-0.39, 0.29) is 29.9 Å². The summed E-state index contributed by atoms with van der Waals surface area (Å²) in [4.78, 5) is 28.7. The summed E-state index contributed by atoms with van der Waals surface area (Å²) in [6.45, 7) is 2.50. The Labute approximate surface area is 190 Å². The molecule has 10 heteroatoms. The van der Waals surface area contributed by atoms with Crippen molar-refractivity contribution in [3.63, 3.8) is 0 Å². The van der Waals surface area contributed by atoms with Gasteiger partial charge in [-0.25, -0.2) is 19.2 Å². The van der Waals surface area contributed by atoms with Crippen molar-refractivity contribution < 1.29 is 9.18 Å². The zero-order valence-electron chi connectivity index (χ0n) is 17.7. The Bertz CT molecular complexity index is 1150. The van der Waals surface area contributed by atoms with E-state index in [0.29, 0.717) is 17.5 Å². The Morgan fingerprint density at radius 3 is 2.69 bits per heavy atom. The lowest BCUT2D eigenvalue weighted by Gasteiger charge is -2.23. The molecule has 2 atom stereocenters. The van der Waals surface area contributed by atoms with E-state index in [1.165, 1.54) is 4.90 Å². The Balaban J connectivity index is 1.36. The van der Waals surface area contributed by atoms with E-state index in [4.69, 9.17) is 11.6 Å². The van der Waals surface area contributed by atoms with E-state index in [2.05, 4.69) is 20.3 Å². The van der Waals surface area contributed by atoms with Crippen LogP contribution in [0.1, 0.15) is 31.5 Å². The lowest BCUT2D eigenvalue weighted by molar-refractivity contribution is 0.229. The third-order valence-electron chi connectivity index (χ3n) is 5.96. The first kappa shape index (κ1) is 20.7. The molecule has 2 aliphatic rings. The number of amides is 2. The average molecular weight is 456 g/mol. The number of carbonyl (C=O) groups is 1. The quantitative estimate of drug-likeness (QED) is 0.600. The number of urea groups is 1. The number of nitrogens with one attached hydrogen (secondary N) is 1. The predicted octanol–water partition coefficient (Wildman–Crippen LogP) is 4.28. The van der Waals surface area contributed by atoms with Gasteiger partial charge in [0.2, 0.25) is 5.95 Å². The molecule has 1 saturated heterocycles. The van der Waals surface area contributed by atoms with E-state index >= 15 is 0 Å². The second-order valence-electron chi connectivity index (χ2n) is 8.35. The van der Waals surface area contributed by atoms with Crippen LogP contribution in [0.2, 0.25) is 5.02 Å². The van der Waals surface area contributed by atoms with Gasteiger partial charge in [0.25, 0.3) is 0 Å². The Morgan fingerprint density at radius 2 is 1.97 bits per heavy atom. The van der Waals surface area contributed by atoms with Crippen LogP contribution in [0.25, 0.3) is 5.69 Å². The molecule has 2 aromatic heterocycles. The minimum Gasteiger partial charge on any atom is -0.346 e. The standard InChI is InChI=1S/C22H23ClFN7O/c1-13(18-10-30(12-26-18)16-7-5-15(23)6-8-16)27-21-25-9-17(24)20(28-21)31-19(14-3-4-14)11-29(2)22(31)32/h5-10,12-14,19H,3-4,11H2,1-2H3,(H,25,27,28)/t13-,19+/m0/s1. The fraction of sp³-hybridized carbons (Fsp3) is 0.364. The number of anilines is 2. The van der Waals surface area contributed by atoms with Gasteiger partial charge in [0.1, 0.15) is 0 Å². The SMILES string of the molecule is C[C@H](Nc1ncc(F)c(N2C(=O)N(C)C[C@@H]2C2CC2)n1)c1cn(-c2ccc(Cl)cc2)cn1. The normalized spacial score (nSPS) is 19.5. The zero-order chi connectivity index (χ0) is 22.4. The molecule has 0 bridgehead atoms. The number of halogens is 2. The second-order valence-corrected chi connectivity index (χ2v) is 8.79.